The van der Waals surface area contributed by atoms with Gasteiger partial charge in [0.05, 0.1) is 16.3 Å². The van der Waals surface area contributed by atoms with Gasteiger partial charge in [-0.1, -0.05) is 17.7 Å². The summed E-state index contributed by atoms with van der Waals surface area (Å²) in [5.41, 5.74) is 1.84. The van der Waals surface area contributed by atoms with E-state index in [-0.39, 0.29) is 5.56 Å². The fourth-order valence-electron chi connectivity index (χ4n) is 2.23. The Balaban J connectivity index is 1.87. The summed E-state index contributed by atoms with van der Waals surface area (Å²) >= 11 is 6.06. The number of carbonyl (C=O) groups is 1. The molecule has 0 fully saturated rings. The predicted octanol–water partition coefficient (Wildman–Crippen LogP) is 4.50. The molecule has 4 nitrogen and oxygen atoms in total. The van der Waals surface area contributed by atoms with E-state index in [0.29, 0.717) is 22.1 Å². The quantitative estimate of drug-likeness (QED) is 0.763. The first-order valence-electron chi connectivity index (χ1n) is 7.19. The average Bonchev–Trinajstić information content (AvgIpc) is 2.55. The Labute approximate surface area is 143 Å². The standard InChI is InChI=1S/C18H13ClFN3O/c1-11-6-8-21-16(9-11)23-18(24)13-5-4-12(10-15(13)20)17-14(19)3-2-7-22-17/h2-10H,1H3,(H,21,23,24). The zero-order valence-electron chi connectivity index (χ0n) is 12.8. The van der Waals surface area contributed by atoms with Crippen molar-refractivity contribution < 1.29 is 9.18 Å². The number of hydrogen-bond acceptors (Lipinski definition) is 3. The third kappa shape index (κ3) is 3.41. The van der Waals surface area contributed by atoms with Gasteiger partial charge < -0.3 is 5.32 Å². The van der Waals surface area contributed by atoms with E-state index in [2.05, 4.69) is 15.3 Å². The Morgan fingerprint density at radius 2 is 1.96 bits per heavy atom. The highest BCUT2D eigenvalue weighted by atomic mass is 35.5. The Bertz CT molecular complexity index is 914. The molecule has 0 radical (unpaired) electrons. The maximum atomic E-state index is 14.3. The number of pyridine rings is 2. The minimum atomic E-state index is -0.653. The van der Waals surface area contributed by atoms with E-state index in [4.69, 9.17) is 11.6 Å². The molecule has 3 aromatic rings. The third-order valence-electron chi connectivity index (χ3n) is 3.40. The van der Waals surface area contributed by atoms with Crippen molar-refractivity contribution in [3.63, 3.8) is 0 Å². The van der Waals surface area contributed by atoms with Crippen LogP contribution in [0.15, 0.2) is 54.9 Å². The minimum absolute atomic E-state index is 0.0749. The molecule has 3 rings (SSSR count). The highest BCUT2D eigenvalue weighted by Crippen LogP contribution is 2.26. The van der Waals surface area contributed by atoms with Crippen LogP contribution in [0.4, 0.5) is 10.2 Å². The summed E-state index contributed by atoms with van der Waals surface area (Å²) in [6.45, 7) is 1.88. The number of halogens is 2. The molecule has 0 saturated carbocycles. The second kappa shape index (κ2) is 6.76. The van der Waals surface area contributed by atoms with Gasteiger partial charge in [-0.2, -0.15) is 0 Å². The summed E-state index contributed by atoms with van der Waals surface area (Å²) in [5.74, 6) is -0.847. The number of benzene rings is 1. The molecule has 6 heteroatoms. The van der Waals surface area contributed by atoms with Crippen molar-refractivity contribution in [1.29, 1.82) is 0 Å². The molecule has 1 N–H and O–H groups in total. The number of nitrogens with zero attached hydrogens (tertiary/aromatic N) is 2. The fraction of sp³-hybridized carbons (Fsp3) is 0.0556. The van der Waals surface area contributed by atoms with Crippen LogP contribution in [-0.4, -0.2) is 15.9 Å². The van der Waals surface area contributed by atoms with E-state index in [9.17, 15) is 9.18 Å². The molecular weight excluding hydrogens is 329 g/mol. The van der Waals surface area contributed by atoms with Crippen molar-refractivity contribution in [2.45, 2.75) is 6.92 Å². The largest absolute Gasteiger partial charge is 0.306 e. The van der Waals surface area contributed by atoms with Gasteiger partial charge in [0.25, 0.3) is 5.91 Å². The molecule has 1 aromatic carbocycles. The van der Waals surface area contributed by atoms with Gasteiger partial charge in [0.1, 0.15) is 11.6 Å². The van der Waals surface area contributed by atoms with Gasteiger partial charge in [0.2, 0.25) is 0 Å². The Morgan fingerprint density at radius 1 is 1.12 bits per heavy atom. The normalized spacial score (nSPS) is 10.5. The van der Waals surface area contributed by atoms with Crippen LogP contribution < -0.4 is 5.32 Å². The van der Waals surface area contributed by atoms with Gasteiger partial charge in [-0.25, -0.2) is 9.37 Å². The van der Waals surface area contributed by atoms with Gasteiger partial charge in [-0.3, -0.25) is 9.78 Å². The number of nitrogens with one attached hydrogen (secondary N) is 1. The van der Waals surface area contributed by atoms with Crippen LogP contribution in [-0.2, 0) is 0 Å². The second-order valence-corrected chi connectivity index (χ2v) is 5.61. The first-order chi connectivity index (χ1) is 11.5. The van der Waals surface area contributed by atoms with Crippen LogP contribution in [0.25, 0.3) is 11.3 Å². The number of amides is 1. The molecular formula is C18H13ClFN3O. The van der Waals surface area contributed by atoms with E-state index >= 15 is 0 Å². The van der Waals surface area contributed by atoms with Crippen LogP contribution in [0, 0.1) is 12.7 Å². The maximum absolute atomic E-state index is 14.3. The van der Waals surface area contributed by atoms with Crippen LogP contribution in [0.2, 0.25) is 5.02 Å². The molecule has 24 heavy (non-hydrogen) atoms. The third-order valence-corrected chi connectivity index (χ3v) is 3.71. The van der Waals surface area contributed by atoms with Gasteiger partial charge in [0.15, 0.2) is 0 Å². The van der Waals surface area contributed by atoms with Crippen molar-refractivity contribution in [3.05, 3.63) is 76.8 Å². The molecule has 0 saturated heterocycles. The summed E-state index contributed by atoms with van der Waals surface area (Å²) in [6, 6.07) is 11.1. The second-order valence-electron chi connectivity index (χ2n) is 5.20. The molecule has 0 spiro atoms. The molecule has 0 bridgehead atoms. The van der Waals surface area contributed by atoms with Crippen molar-refractivity contribution in [2.75, 3.05) is 5.32 Å². The first-order valence-corrected chi connectivity index (χ1v) is 7.57. The summed E-state index contributed by atoms with van der Waals surface area (Å²) < 4.78 is 14.3. The SMILES string of the molecule is Cc1ccnc(NC(=O)c2ccc(-c3ncccc3Cl)cc2F)c1. The smallest absolute Gasteiger partial charge is 0.259 e. The van der Waals surface area contributed by atoms with Crippen LogP contribution in [0.5, 0.6) is 0 Å². The Hall–Kier alpha value is -2.79. The van der Waals surface area contributed by atoms with Crippen molar-refractivity contribution in [3.8, 4) is 11.3 Å². The topological polar surface area (TPSA) is 54.9 Å². The molecule has 0 atom stereocenters. The molecule has 120 valence electrons. The summed E-state index contributed by atoms with van der Waals surface area (Å²) in [4.78, 5) is 20.4. The number of aromatic nitrogens is 2. The molecule has 0 aliphatic rings. The monoisotopic (exact) mass is 341 g/mol. The number of aryl methyl sites for hydroxylation is 1. The van der Waals surface area contributed by atoms with E-state index < -0.39 is 11.7 Å². The zero-order valence-corrected chi connectivity index (χ0v) is 13.5. The number of rotatable bonds is 3. The number of hydrogen-bond donors (Lipinski definition) is 1. The van der Waals surface area contributed by atoms with Gasteiger partial charge in [-0.15, -0.1) is 0 Å². The molecule has 0 aliphatic carbocycles. The minimum Gasteiger partial charge on any atom is -0.306 e. The molecule has 0 unspecified atom stereocenters. The highest BCUT2D eigenvalue weighted by Gasteiger charge is 2.15. The van der Waals surface area contributed by atoms with Crippen LogP contribution in [0.1, 0.15) is 15.9 Å². The molecule has 1 amide bonds. The fourth-order valence-corrected chi connectivity index (χ4v) is 2.46. The number of anilines is 1. The van der Waals surface area contributed by atoms with E-state index in [1.165, 1.54) is 12.1 Å². The van der Waals surface area contributed by atoms with Gasteiger partial charge in [0, 0.05) is 18.0 Å². The van der Waals surface area contributed by atoms with Crippen LogP contribution in [0.3, 0.4) is 0 Å². The van der Waals surface area contributed by atoms with Crippen molar-refractivity contribution >= 4 is 23.3 Å². The maximum Gasteiger partial charge on any atom is 0.259 e. The zero-order chi connectivity index (χ0) is 17.1. The van der Waals surface area contributed by atoms with Crippen molar-refractivity contribution in [1.82, 2.24) is 9.97 Å². The predicted molar refractivity (Wildman–Crippen MR) is 91.6 cm³/mol. The van der Waals surface area contributed by atoms with Gasteiger partial charge >= 0.3 is 0 Å². The number of carbonyl (C=O) groups excluding carboxylic acids is 1. The summed E-state index contributed by atoms with van der Waals surface area (Å²) in [6.07, 6.45) is 3.15. The molecule has 2 aromatic heterocycles. The van der Waals surface area contributed by atoms with E-state index in [0.717, 1.165) is 5.56 Å². The highest BCUT2D eigenvalue weighted by molar-refractivity contribution is 6.33. The lowest BCUT2D eigenvalue weighted by Gasteiger charge is -2.08. The lowest BCUT2D eigenvalue weighted by atomic mass is 10.1. The molecule has 0 aliphatic heterocycles. The van der Waals surface area contributed by atoms with E-state index in [1.54, 1.807) is 36.7 Å². The van der Waals surface area contributed by atoms with Crippen molar-refractivity contribution in [2.24, 2.45) is 0 Å². The van der Waals surface area contributed by atoms with E-state index in [1.807, 2.05) is 13.0 Å². The lowest BCUT2D eigenvalue weighted by Crippen LogP contribution is -2.14. The first kappa shape index (κ1) is 16.1. The average molecular weight is 342 g/mol. The lowest BCUT2D eigenvalue weighted by molar-refractivity contribution is 0.102. The Kier molecular flexibility index (Phi) is 4.53. The molecule has 2 heterocycles. The van der Waals surface area contributed by atoms with Gasteiger partial charge in [-0.05, 0) is 48.9 Å². The Morgan fingerprint density at radius 3 is 2.67 bits per heavy atom. The summed E-state index contributed by atoms with van der Waals surface area (Å²) in [7, 11) is 0. The summed E-state index contributed by atoms with van der Waals surface area (Å²) in [5, 5.41) is 2.99. The van der Waals surface area contributed by atoms with Crippen LogP contribution >= 0.6 is 11.6 Å².